The van der Waals surface area contributed by atoms with Crippen LogP contribution in [0.25, 0.3) is 0 Å². The highest BCUT2D eigenvalue weighted by molar-refractivity contribution is 5.21. The number of nitriles is 1. The summed E-state index contributed by atoms with van der Waals surface area (Å²) < 4.78 is 2.00. The van der Waals surface area contributed by atoms with Gasteiger partial charge in [-0.15, -0.1) is 0 Å². The van der Waals surface area contributed by atoms with E-state index < -0.39 is 5.60 Å². The Morgan fingerprint density at radius 3 is 2.61 bits per heavy atom. The van der Waals surface area contributed by atoms with E-state index in [4.69, 9.17) is 5.26 Å². The third-order valence-electron chi connectivity index (χ3n) is 10.5. The lowest BCUT2D eigenvalue weighted by Gasteiger charge is -2.58. The Morgan fingerprint density at radius 2 is 1.87 bits per heavy atom. The fraction of sp³-hybridized carbons (Fsp3) is 0.852. The summed E-state index contributed by atoms with van der Waals surface area (Å²) in [5.74, 6) is 5.01. The molecular formula is C27H41N3O. The monoisotopic (exact) mass is 423 g/mol. The van der Waals surface area contributed by atoms with Crippen LogP contribution in [0.4, 0.5) is 0 Å². The van der Waals surface area contributed by atoms with Crippen molar-refractivity contribution in [3.63, 3.8) is 0 Å². The largest absolute Gasteiger partial charge is 0.390 e. The van der Waals surface area contributed by atoms with Crippen molar-refractivity contribution in [2.45, 2.75) is 97.6 Å². The van der Waals surface area contributed by atoms with Gasteiger partial charge in [0.15, 0.2) is 0 Å². The minimum Gasteiger partial charge on any atom is -0.390 e. The zero-order chi connectivity index (χ0) is 22.0. The Hall–Kier alpha value is -1.34. The smallest absolute Gasteiger partial charge is 0.102 e. The molecule has 0 spiro atoms. The summed E-state index contributed by atoms with van der Waals surface area (Å²) in [6.45, 7) is 10.5. The van der Waals surface area contributed by atoms with Gasteiger partial charge in [-0.2, -0.15) is 10.4 Å². The molecule has 1 aromatic heterocycles. The van der Waals surface area contributed by atoms with Crippen LogP contribution >= 0.6 is 0 Å². The van der Waals surface area contributed by atoms with E-state index >= 15 is 0 Å². The van der Waals surface area contributed by atoms with Gasteiger partial charge < -0.3 is 5.11 Å². The van der Waals surface area contributed by atoms with Gasteiger partial charge in [-0.1, -0.05) is 20.8 Å². The molecule has 1 heterocycles. The molecule has 0 aromatic carbocycles. The van der Waals surface area contributed by atoms with Crippen LogP contribution in [0, 0.1) is 57.7 Å². The third kappa shape index (κ3) is 3.56. The summed E-state index contributed by atoms with van der Waals surface area (Å²) in [6, 6.07) is 2.22. The molecule has 5 rings (SSSR count). The van der Waals surface area contributed by atoms with E-state index in [-0.39, 0.29) is 5.41 Å². The molecule has 4 fully saturated rings. The van der Waals surface area contributed by atoms with Crippen LogP contribution in [0.5, 0.6) is 0 Å². The summed E-state index contributed by atoms with van der Waals surface area (Å²) in [4.78, 5) is 0. The van der Waals surface area contributed by atoms with Crippen LogP contribution in [-0.2, 0) is 6.54 Å². The van der Waals surface area contributed by atoms with E-state index in [1.807, 2.05) is 10.9 Å². The second-order valence-corrected chi connectivity index (χ2v) is 12.9. The minimum atomic E-state index is -0.419. The Labute approximate surface area is 188 Å². The molecule has 1 aromatic rings. The second kappa shape index (κ2) is 7.34. The van der Waals surface area contributed by atoms with E-state index in [0.717, 1.165) is 49.0 Å². The summed E-state index contributed by atoms with van der Waals surface area (Å²) in [7, 11) is 0. The topological polar surface area (TPSA) is 61.8 Å². The number of fused-ring (bicyclic) bond motifs is 5. The van der Waals surface area contributed by atoms with Crippen molar-refractivity contribution in [1.82, 2.24) is 9.78 Å². The maximum atomic E-state index is 10.6. The summed E-state index contributed by atoms with van der Waals surface area (Å²) in [5, 5.41) is 24.3. The predicted molar refractivity (Wildman–Crippen MR) is 122 cm³/mol. The van der Waals surface area contributed by atoms with Gasteiger partial charge in [-0.25, -0.2) is 0 Å². The van der Waals surface area contributed by atoms with Gasteiger partial charge >= 0.3 is 0 Å². The zero-order valence-electron chi connectivity index (χ0n) is 20.0. The van der Waals surface area contributed by atoms with Crippen molar-refractivity contribution in [1.29, 1.82) is 5.26 Å². The summed E-state index contributed by atoms with van der Waals surface area (Å²) >= 11 is 0. The molecular weight excluding hydrogens is 382 g/mol. The third-order valence-corrected chi connectivity index (χ3v) is 10.5. The van der Waals surface area contributed by atoms with Crippen molar-refractivity contribution in [3.05, 3.63) is 18.0 Å². The van der Waals surface area contributed by atoms with Gasteiger partial charge in [0.25, 0.3) is 0 Å². The molecule has 0 bridgehead atoms. The van der Waals surface area contributed by atoms with Gasteiger partial charge in [-0.3, -0.25) is 4.68 Å². The van der Waals surface area contributed by atoms with E-state index in [9.17, 15) is 5.11 Å². The average Bonchev–Trinajstić information content (AvgIpc) is 3.30. The number of aromatic nitrogens is 2. The molecule has 4 nitrogen and oxygen atoms in total. The SMILES string of the molecule is CC(C)(Cn1cc(C#N)cn1)C1CC[C@H]2[C@@H]3CC[C@@H]4C[C@](C)(O)CC[C@@H]4[C@H]3CC[C@]12C. The van der Waals surface area contributed by atoms with E-state index in [0.29, 0.717) is 16.9 Å². The normalized spacial score (nSPS) is 44.8. The van der Waals surface area contributed by atoms with Gasteiger partial charge in [0.05, 0.1) is 17.4 Å². The van der Waals surface area contributed by atoms with E-state index in [1.165, 1.54) is 44.9 Å². The Balaban J connectivity index is 1.33. The standard InChI is InChI=1S/C27H41N3O/c1-25(2,17-30-16-18(14-28)15-29-30)24-8-7-23-22-6-5-19-13-26(3,31)11-9-20(19)21(22)10-12-27(23,24)4/h15-16,19-24,31H,5-13,17H2,1-4H3/t19-,20+,21-,22-,23+,24?,26-,27+/m1/s1. The highest BCUT2D eigenvalue weighted by Gasteiger charge is 2.59. The molecule has 4 saturated carbocycles. The van der Waals surface area contributed by atoms with Crippen molar-refractivity contribution in [3.8, 4) is 6.07 Å². The van der Waals surface area contributed by atoms with Crippen molar-refractivity contribution >= 4 is 0 Å². The maximum absolute atomic E-state index is 10.6. The van der Waals surface area contributed by atoms with Gasteiger partial charge in [0.1, 0.15) is 6.07 Å². The molecule has 4 heteroatoms. The highest BCUT2D eigenvalue weighted by atomic mass is 16.3. The molecule has 8 atom stereocenters. The second-order valence-electron chi connectivity index (χ2n) is 12.9. The van der Waals surface area contributed by atoms with Gasteiger partial charge in [-0.05, 0) is 111 Å². The number of nitrogens with zero attached hydrogens (tertiary/aromatic N) is 3. The van der Waals surface area contributed by atoms with Crippen LogP contribution < -0.4 is 0 Å². The quantitative estimate of drug-likeness (QED) is 0.668. The fourth-order valence-corrected chi connectivity index (χ4v) is 9.40. The van der Waals surface area contributed by atoms with Crippen LogP contribution in [0.15, 0.2) is 12.4 Å². The molecule has 0 saturated heterocycles. The fourth-order valence-electron chi connectivity index (χ4n) is 9.40. The molecule has 0 amide bonds. The molecule has 31 heavy (non-hydrogen) atoms. The van der Waals surface area contributed by atoms with Crippen molar-refractivity contribution in [2.24, 2.45) is 46.3 Å². The first-order valence-electron chi connectivity index (χ1n) is 12.8. The van der Waals surface area contributed by atoms with Crippen LogP contribution in [0.2, 0.25) is 0 Å². The first-order chi connectivity index (χ1) is 14.6. The first-order valence-corrected chi connectivity index (χ1v) is 12.8. The lowest BCUT2D eigenvalue weighted by Crippen LogP contribution is -2.51. The lowest BCUT2D eigenvalue weighted by molar-refractivity contribution is -0.108. The number of aliphatic hydroxyl groups is 1. The highest BCUT2D eigenvalue weighted by Crippen LogP contribution is 2.67. The van der Waals surface area contributed by atoms with E-state index in [1.54, 1.807) is 6.20 Å². The van der Waals surface area contributed by atoms with Crippen molar-refractivity contribution < 1.29 is 5.11 Å². The van der Waals surface area contributed by atoms with E-state index in [2.05, 4.69) is 38.9 Å². The van der Waals surface area contributed by atoms with Crippen LogP contribution in [-0.4, -0.2) is 20.5 Å². The molecule has 170 valence electrons. The molecule has 1 unspecified atom stereocenters. The molecule has 0 radical (unpaired) electrons. The molecule has 4 aliphatic rings. The van der Waals surface area contributed by atoms with Crippen LogP contribution in [0.1, 0.15) is 91.0 Å². The van der Waals surface area contributed by atoms with Gasteiger partial charge in [0.2, 0.25) is 0 Å². The Bertz CT molecular complexity index is 864. The molecule has 4 aliphatic carbocycles. The zero-order valence-corrected chi connectivity index (χ0v) is 20.0. The minimum absolute atomic E-state index is 0.176. The number of hydrogen-bond acceptors (Lipinski definition) is 3. The maximum Gasteiger partial charge on any atom is 0.102 e. The summed E-state index contributed by atoms with van der Waals surface area (Å²) in [6.07, 6.45) is 15.1. The molecule has 1 N–H and O–H groups in total. The first kappa shape index (κ1) is 21.5. The lowest BCUT2D eigenvalue weighted by atomic mass is 9.47. The summed E-state index contributed by atoms with van der Waals surface area (Å²) in [5.41, 5.74) is 0.853. The number of rotatable bonds is 3. The predicted octanol–water partition coefficient (Wildman–Crippen LogP) is 5.80. The average molecular weight is 424 g/mol. The number of hydrogen-bond donors (Lipinski definition) is 1. The van der Waals surface area contributed by atoms with Crippen molar-refractivity contribution in [2.75, 3.05) is 0 Å². The Morgan fingerprint density at radius 1 is 1.10 bits per heavy atom. The Kier molecular flexibility index (Phi) is 5.09. The van der Waals surface area contributed by atoms with Crippen LogP contribution in [0.3, 0.4) is 0 Å². The molecule has 0 aliphatic heterocycles. The van der Waals surface area contributed by atoms with Gasteiger partial charge in [0, 0.05) is 12.7 Å².